The minimum Gasteiger partial charge on any atom is -0.305 e. The number of aromatic nitrogens is 2. The number of aromatic amines is 1. The smallest absolute Gasteiger partial charge is 0.305 e. The van der Waals surface area contributed by atoms with Crippen molar-refractivity contribution in [3.8, 4) is 0 Å². The van der Waals surface area contributed by atoms with Crippen LogP contribution in [0.5, 0.6) is 0 Å². The number of halogens is 2. The van der Waals surface area contributed by atoms with Gasteiger partial charge in [-0.1, -0.05) is 42.5 Å². The van der Waals surface area contributed by atoms with Crippen LogP contribution in [0.25, 0.3) is 0 Å². The van der Waals surface area contributed by atoms with Crippen molar-refractivity contribution in [1.29, 1.82) is 0 Å². The number of hydrogen-bond acceptors (Lipinski definition) is 2. The fourth-order valence-electron chi connectivity index (χ4n) is 2.86. The predicted octanol–water partition coefficient (Wildman–Crippen LogP) is 2.74. The minimum absolute atomic E-state index is 0.0499. The van der Waals surface area contributed by atoms with Crippen molar-refractivity contribution in [3.05, 3.63) is 80.1 Å². The highest BCUT2D eigenvalue weighted by Crippen LogP contribution is 2.33. The van der Waals surface area contributed by atoms with Gasteiger partial charge in [-0.05, 0) is 18.9 Å². The molecule has 1 aliphatic rings. The number of allylic oxidation sites excluding steroid dienone is 2. The molecule has 1 aromatic heterocycles. The average Bonchev–Trinajstić information content (AvgIpc) is 2.67. The lowest BCUT2D eigenvalue weighted by molar-refractivity contribution is -0.00634. The lowest BCUT2D eigenvalue weighted by atomic mass is 10.1. The summed E-state index contributed by atoms with van der Waals surface area (Å²) in [5, 5.41) is 0. The molecule has 1 heterocycles. The summed E-state index contributed by atoms with van der Waals surface area (Å²) in [4.78, 5) is 27.2. The van der Waals surface area contributed by atoms with Crippen molar-refractivity contribution in [3.63, 3.8) is 0 Å². The molecule has 1 atom stereocenters. The quantitative estimate of drug-likeness (QED) is 0.866. The third kappa shape index (κ3) is 2.65. The Morgan fingerprint density at radius 3 is 2.57 bits per heavy atom. The number of hydrogen-bond donors (Lipinski definition) is 1. The van der Waals surface area contributed by atoms with Crippen molar-refractivity contribution < 1.29 is 8.78 Å². The summed E-state index contributed by atoms with van der Waals surface area (Å²) in [6.45, 7) is 1.70. The van der Waals surface area contributed by atoms with Gasteiger partial charge < -0.3 is 4.98 Å². The number of alkyl halides is 2. The summed E-state index contributed by atoms with van der Waals surface area (Å²) in [5.41, 5.74) is -1.32. The van der Waals surface area contributed by atoms with E-state index >= 15 is 0 Å². The van der Waals surface area contributed by atoms with E-state index in [9.17, 15) is 18.4 Å². The van der Waals surface area contributed by atoms with Crippen molar-refractivity contribution in [2.75, 3.05) is 0 Å². The second kappa shape index (κ2) is 5.61. The highest BCUT2D eigenvalue weighted by molar-refractivity contribution is 5.28. The summed E-state index contributed by atoms with van der Waals surface area (Å²) in [7, 11) is 0. The maximum Gasteiger partial charge on any atom is 0.329 e. The standard InChI is InChI=1S/C17H16F2N2O2/c1-11(12-7-3-2-4-8-12)21-15(22)13-9-5-6-10-17(18,19)14(13)20-16(21)23/h2-8,11H,9-10H2,1H3,(H,20,23)/t11-/m1/s1. The van der Waals surface area contributed by atoms with E-state index in [1.165, 1.54) is 12.2 Å². The number of H-pyrrole nitrogens is 1. The Morgan fingerprint density at radius 2 is 1.87 bits per heavy atom. The zero-order chi connectivity index (χ0) is 16.6. The van der Waals surface area contributed by atoms with Gasteiger partial charge in [0, 0.05) is 12.0 Å². The van der Waals surface area contributed by atoms with Crippen molar-refractivity contribution in [1.82, 2.24) is 9.55 Å². The highest BCUT2D eigenvalue weighted by Gasteiger charge is 2.37. The van der Waals surface area contributed by atoms with Gasteiger partial charge >= 0.3 is 5.69 Å². The van der Waals surface area contributed by atoms with Crippen molar-refractivity contribution >= 4 is 0 Å². The first kappa shape index (κ1) is 15.4. The molecule has 0 amide bonds. The number of fused-ring (bicyclic) bond motifs is 1. The van der Waals surface area contributed by atoms with Crippen LogP contribution in [0.1, 0.15) is 36.2 Å². The number of rotatable bonds is 2. The van der Waals surface area contributed by atoms with E-state index in [2.05, 4.69) is 4.98 Å². The monoisotopic (exact) mass is 318 g/mol. The Balaban J connectivity index is 2.22. The molecule has 0 saturated carbocycles. The molecule has 1 aliphatic carbocycles. The molecule has 0 spiro atoms. The van der Waals surface area contributed by atoms with Gasteiger partial charge in [-0.25, -0.2) is 4.79 Å². The van der Waals surface area contributed by atoms with E-state index in [4.69, 9.17) is 0 Å². The van der Waals surface area contributed by atoms with Crippen LogP contribution >= 0.6 is 0 Å². The van der Waals surface area contributed by atoms with Gasteiger partial charge in [-0.15, -0.1) is 0 Å². The third-order valence-electron chi connectivity index (χ3n) is 4.13. The molecule has 0 radical (unpaired) electrons. The van der Waals surface area contributed by atoms with Gasteiger partial charge in [0.2, 0.25) is 0 Å². The molecular weight excluding hydrogens is 302 g/mol. The summed E-state index contributed by atoms with van der Waals surface area (Å²) < 4.78 is 29.2. The zero-order valence-electron chi connectivity index (χ0n) is 12.6. The molecule has 120 valence electrons. The largest absolute Gasteiger partial charge is 0.329 e. The fourth-order valence-corrected chi connectivity index (χ4v) is 2.86. The Hall–Kier alpha value is -2.50. The van der Waals surface area contributed by atoms with Crippen LogP contribution in [0.3, 0.4) is 0 Å². The molecule has 0 saturated heterocycles. The van der Waals surface area contributed by atoms with Crippen molar-refractivity contribution in [2.24, 2.45) is 0 Å². The summed E-state index contributed by atoms with van der Waals surface area (Å²) in [6.07, 6.45) is 2.44. The molecule has 0 aliphatic heterocycles. The summed E-state index contributed by atoms with van der Waals surface area (Å²) in [6, 6.07) is 8.45. The van der Waals surface area contributed by atoms with E-state index in [1.807, 2.05) is 6.07 Å². The van der Waals surface area contributed by atoms with E-state index in [0.29, 0.717) is 0 Å². The van der Waals surface area contributed by atoms with Crippen LogP contribution in [-0.2, 0) is 12.3 Å². The molecular formula is C17H16F2N2O2. The van der Waals surface area contributed by atoms with Gasteiger partial charge in [0.15, 0.2) is 0 Å². The van der Waals surface area contributed by atoms with Gasteiger partial charge in [0.1, 0.15) is 0 Å². The van der Waals surface area contributed by atoms with Gasteiger partial charge in [-0.2, -0.15) is 8.78 Å². The lowest BCUT2D eigenvalue weighted by Crippen LogP contribution is -2.42. The Kier molecular flexibility index (Phi) is 3.75. The lowest BCUT2D eigenvalue weighted by Gasteiger charge is -2.20. The van der Waals surface area contributed by atoms with Crippen LogP contribution in [0.2, 0.25) is 0 Å². The maximum atomic E-state index is 14.1. The van der Waals surface area contributed by atoms with E-state index < -0.39 is 35.3 Å². The molecule has 2 aromatic rings. The van der Waals surface area contributed by atoms with E-state index in [0.717, 1.165) is 10.1 Å². The summed E-state index contributed by atoms with van der Waals surface area (Å²) >= 11 is 0. The van der Waals surface area contributed by atoms with Crippen LogP contribution in [0.4, 0.5) is 8.78 Å². The molecule has 23 heavy (non-hydrogen) atoms. The first-order valence-electron chi connectivity index (χ1n) is 7.38. The SMILES string of the molecule is C[C@H](c1ccccc1)n1c(=O)[nH]c2c(c1=O)CC=CCC2(F)F. The minimum atomic E-state index is -3.24. The number of nitrogens with zero attached hydrogens (tertiary/aromatic N) is 1. The molecule has 6 heteroatoms. The van der Waals surface area contributed by atoms with Crippen LogP contribution in [0.15, 0.2) is 52.1 Å². The Bertz CT molecular complexity index is 866. The number of benzene rings is 1. The predicted molar refractivity (Wildman–Crippen MR) is 82.9 cm³/mol. The fraction of sp³-hybridized carbons (Fsp3) is 0.294. The molecule has 0 fully saturated rings. The number of nitrogens with one attached hydrogen (secondary N) is 1. The normalized spacial score (nSPS) is 17.3. The average molecular weight is 318 g/mol. The van der Waals surface area contributed by atoms with Gasteiger partial charge in [0.05, 0.1) is 11.7 Å². The van der Waals surface area contributed by atoms with Crippen LogP contribution < -0.4 is 11.2 Å². The molecule has 4 nitrogen and oxygen atoms in total. The van der Waals surface area contributed by atoms with Crippen LogP contribution in [-0.4, -0.2) is 9.55 Å². The molecule has 1 N–H and O–H groups in total. The van der Waals surface area contributed by atoms with Crippen LogP contribution in [0, 0.1) is 0 Å². The Morgan fingerprint density at radius 1 is 1.17 bits per heavy atom. The topological polar surface area (TPSA) is 54.9 Å². The second-order valence-electron chi connectivity index (χ2n) is 5.63. The zero-order valence-corrected chi connectivity index (χ0v) is 12.6. The molecule has 3 rings (SSSR count). The van der Waals surface area contributed by atoms with E-state index in [1.54, 1.807) is 31.2 Å². The molecule has 0 bridgehead atoms. The van der Waals surface area contributed by atoms with Gasteiger partial charge in [0.25, 0.3) is 11.5 Å². The van der Waals surface area contributed by atoms with Gasteiger partial charge in [-0.3, -0.25) is 9.36 Å². The maximum absolute atomic E-state index is 14.1. The highest BCUT2D eigenvalue weighted by atomic mass is 19.3. The molecule has 1 aromatic carbocycles. The first-order chi connectivity index (χ1) is 10.9. The van der Waals surface area contributed by atoms with E-state index in [-0.39, 0.29) is 12.0 Å². The third-order valence-corrected chi connectivity index (χ3v) is 4.13. The first-order valence-corrected chi connectivity index (χ1v) is 7.38. The van der Waals surface area contributed by atoms with Crippen molar-refractivity contribution in [2.45, 2.75) is 31.7 Å². The summed E-state index contributed by atoms with van der Waals surface area (Å²) in [5.74, 6) is -3.24. The molecule has 0 unspecified atom stereocenters. The second-order valence-corrected chi connectivity index (χ2v) is 5.63. The Labute approximate surface area is 131 Å².